The highest BCUT2D eigenvalue weighted by molar-refractivity contribution is 5.83. The molecule has 186 valence electrons. The van der Waals surface area contributed by atoms with Crippen LogP contribution in [0.4, 0.5) is 19.3 Å². The van der Waals surface area contributed by atoms with Crippen LogP contribution in [0.3, 0.4) is 0 Å². The van der Waals surface area contributed by atoms with Crippen molar-refractivity contribution >= 4 is 28.7 Å². The zero-order chi connectivity index (χ0) is 25.2. The van der Waals surface area contributed by atoms with Crippen LogP contribution in [0, 0.1) is 0 Å². The number of amides is 2. The van der Waals surface area contributed by atoms with Gasteiger partial charge in [0.1, 0.15) is 18.0 Å². The molecule has 3 aromatic rings. The van der Waals surface area contributed by atoms with Crippen LogP contribution < -0.4 is 10.2 Å². The molecular formula is C25H29F2N5O3. The molecule has 10 heteroatoms. The predicted molar refractivity (Wildman–Crippen MR) is 129 cm³/mol. The van der Waals surface area contributed by atoms with E-state index in [-0.39, 0.29) is 18.3 Å². The Hall–Kier alpha value is -3.69. The molecule has 0 unspecified atom stereocenters. The molecule has 8 nitrogen and oxygen atoms in total. The number of carbonyl (C=O) groups is 2. The Morgan fingerprint density at radius 1 is 1.06 bits per heavy atom. The van der Waals surface area contributed by atoms with Crippen molar-refractivity contribution in [3.05, 3.63) is 48.5 Å². The number of hydrogen-bond acceptors (Lipinski definition) is 5. The van der Waals surface area contributed by atoms with Gasteiger partial charge in [0.05, 0.1) is 11.0 Å². The monoisotopic (exact) mass is 485 g/mol. The number of fused-ring (bicyclic) bond motifs is 1. The van der Waals surface area contributed by atoms with Gasteiger partial charge in [0.25, 0.3) is 0 Å². The van der Waals surface area contributed by atoms with Crippen LogP contribution in [-0.4, -0.2) is 64.8 Å². The standard InChI is InChI=1S/C25H29F2N5O3/c1-25(2,3)35-24(34)28-16-21(33)31-13-11-30(12-14-31)18-8-6-7-17(15-18)22-29-19-9-4-5-10-20(19)32(22)23(26)27/h4-10,15,23H,11-14,16H2,1-3H3,(H,28,34). The third kappa shape index (κ3) is 5.70. The minimum atomic E-state index is -2.72. The number of benzene rings is 2. The number of aromatic nitrogens is 2. The van der Waals surface area contributed by atoms with Gasteiger partial charge in [-0.15, -0.1) is 0 Å². The second-order valence-electron chi connectivity index (χ2n) is 9.35. The van der Waals surface area contributed by atoms with Gasteiger partial charge in [-0.1, -0.05) is 24.3 Å². The van der Waals surface area contributed by atoms with Crippen molar-refractivity contribution in [3.8, 4) is 11.4 Å². The molecule has 2 aromatic carbocycles. The van der Waals surface area contributed by atoms with Crippen molar-refractivity contribution in [1.82, 2.24) is 19.8 Å². The molecule has 35 heavy (non-hydrogen) atoms. The predicted octanol–water partition coefficient (Wildman–Crippen LogP) is 4.27. The molecule has 1 saturated heterocycles. The lowest BCUT2D eigenvalue weighted by molar-refractivity contribution is -0.130. The molecule has 1 aromatic heterocycles. The van der Waals surface area contributed by atoms with Crippen LogP contribution in [0.15, 0.2) is 48.5 Å². The number of imidazole rings is 1. The first kappa shape index (κ1) is 24.4. The number of ether oxygens (including phenoxy) is 1. The summed E-state index contributed by atoms with van der Waals surface area (Å²) in [5.74, 6) is 0.0278. The van der Waals surface area contributed by atoms with Crippen LogP contribution in [-0.2, 0) is 9.53 Å². The summed E-state index contributed by atoms with van der Waals surface area (Å²) in [7, 11) is 0. The average Bonchev–Trinajstić information content (AvgIpc) is 3.22. The van der Waals surface area contributed by atoms with Gasteiger partial charge in [0, 0.05) is 37.4 Å². The van der Waals surface area contributed by atoms with Crippen molar-refractivity contribution in [2.75, 3.05) is 37.6 Å². The normalized spacial score (nSPS) is 14.5. The molecule has 0 bridgehead atoms. The van der Waals surface area contributed by atoms with E-state index in [1.54, 1.807) is 56.0 Å². The van der Waals surface area contributed by atoms with Crippen molar-refractivity contribution < 1.29 is 23.1 Å². The number of hydrogen-bond donors (Lipinski definition) is 1. The highest BCUT2D eigenvalue weighted by atomic mass is 19.3. The SMILES string of the molecule is CC(C)(C)OC(=O)NCC(=O)N1CCN(c2cccc(-c3nc4ccccc4n3C(F)F)c2)CC1. The summed E-state index contributed by atoms with van der Waals surface area (Å²) in [4.78, 5) is 32.5. The Labute approximate surface area is 202 Å². The second-order valence-corrected chi connectivity index (χ2v) is 9.35. The van der Waals surface area contributed by atoms with Crippen LogP contribution in [0.2, 0.25) is 0 Å². The van der Waals surface area contributed by atoms with Crippen molar-refractivity contribution in [2.45, 2.75) is 32.9 Å². The number of piperazine rings is 1. The summed E-state index contributed by atoms with van der Waals surface area (Å²) in [6.07, 6.45) is -0.629. The van der Waals surface area contributed by atoms with Gasteiger partial charge in [-0.05, 0) is 45.0 Å². The molecule has 0 spiro atoms. The number of rotatable bonds is 5. The number of nitrogens with zero attached hydrogens (tertiary/aromatic N) is 4. The van der Waals surface area contributed by atoms with Gasteiger partial charge >= 0.3 is 12.6 Å². The molecule has 0 aliphatic carbocycles. The third-order valence-electron chi connectivity index (χ3n) is 5.68. The van der Waals surface area contributed by atoms with E-state index in [9.17, 15) is 18.4 Å². The van der Waals surface area contributed by atoms with E-state index >= 15 is 0 Å². The molecule has 1 aliphatic heterocycles. The van der Waals surface area contributed by atoms with E-state index in [4.69, 9.17) is 4.74 Å². The summed E-state index contributed by atoms with van der Waals surface area (Å²) in [6, 6.07) is 14.2. The lowest BCUT2D eigenvalue weighted by Gasteiger charge is -2.36. The highest BCUT2D eigenvalue weighted by Gasteiger charge is 2.24. The van der Waals surface area contributed by atoms with Gasteiger partial charge in [-0.3, -0.25) is 9.36 Å². The van der Waals surface area contributed by atoms with Crippen LogP contribution in [0.1, 0.15) is 27.3 Å². The first-order valence-corrected chi connectivity index (χ1v) is 11.5. The fourth-order valence-electron chi connectivity index (χ4n) is 4.08. The van der Waals surface area contributed by atoms with Crippen molar-refractivity contribution in [2.24, 2.45) is 0 Å². The first-order chi connectivity index (χ1) is 16.6. The summed E-state index contributed by atoms with van der Waals surface area (Å²) in [6.45, 7) is 4.53. The average molecular weight is 486 g/mol. The maximum atomic E-state index is 13.9. The molecule has 2 amide bonds. The van der Waals surface area contributed by atoms with Gasteiger partial charge in [-0.2, -0.15) is 8.78 Å². The maximum absolute atomic E-state index is 13.9. The van der Waals surface area contributed by atoms with E-state index in [0.717, 1.165) is 10.3 Å². The van der Waals surface area contributed by atoms with Crippen LogP contribution in [0.5, 0.6) is 0 Å². The molecule has 1 fully saturated rings. The second kappa shape index (κ2) is 9.89. The Bertz CT molecular complexity index is 1210. The number of alkyl halides is 2. The van der Waals surface area contributed by atoms with Gasteiger partial charge in [0.2, 0.25) is 5.91 Å². The van der Waals surface area contributed by atoms with Crippen molar-refractivity contribution in [3.63, 3.8) is 0 Å². The Kier molecular flexibility index (Phi) is 6.90. The number of halogens is 2. The molecule has 0 saturated carbocycles. The maximum Gasteiger partial charge on any atom is 0.408 e. The number of para-hydroxylation sites is 2. The lowest BCUT2D eigenvalue weighted by atomic mass is 10.1. The Balaban J connectivity index is 1.41. The molecule has 0 radical (unpaired) electrons. The van der Waals surface area contributed by atoms with E-state index in [1.807, 2.05) is 18.2 Å². The largest absolute Gasteiger partial charge is 0.444 e. The molecule has 1 N–H and O–H groups in total. The van der Waals surface area contributed by atoms with E-state index in [1.165, 1.54) is 0 Å². The molecule has 4 rings (SSSR count). The van der Waals surface area contributed by atoms with Crippen LogP contribution >= 0.6 is 0 Å². The quantitative estimate of drug-likeness (QED) is 0.584. The van der Waals surface area contributed by atoms with Gasteiger partial charge in [-0.25, -0.2) is 9.78 Å². The molecule has 2 heterocycles. The summed E-state index contributed by atoms with van der Waals surface area (Å²) < 4.78 is 33.9. The van der Waals surface area contributed by atoms with E-state index in [0.29, 0.717) is 42.8 Å². The van der Waals surface area contributed by atoms with Crippen LogP contribution in [0.25, 0.3) is 22.4 Å². The summed E-state index contributed by atoms with van der Waals surface area (Å²) in [5.41, 5.74) is 1.73. The smallest absolute Gasteiger partial charge is 0.408 e. The number of anilines is 1. The number of carbonyl (C=O) groups excluding carboxylic acids is 2. The van der Waals surface area contributed by atoms with E-state index < -0.39 is 18.2 Å². The zero-order valence-electron chi connectivity index (χ0n) is 20.0. The minimum Gasteiger partial charge on any atom is -0.444 e. The fourth-order valence-corrected chi connectivity index (χ4v) is 4.08. The molecule has 0 atom stereocenters. The van der Waals surface area contributed by atoms with Gasteiger partial charge < -0.3 is 19.9 Å². The lowest BCUT2D eigenvalue weighted by Crippen LogP contribution is -2.51. The molecule has 1 aliphatic rings. The summed E-state index contributed by atoms with van der Waals surface area (Å²) >= 11 is 0. The fraction of sp³-hybridized carbons (Fsp3) is 0.400. The number of alkyl carbamates (subject to hydrolysis) is 1. The molecular weight excluding hydrogens is 456 g/mol. The van der Waals surface area contributed by atoms with E-state index in [2.05, 4.69) is 15.2 Å². The zero-order valence-corrected chi connectivity index (χ0v) is 20.0. The minimum absolute atomic E-state index is 0.131. The summed E-state index contributed by atoms with van der Waals surface area (Å²) in [5, 5.41) is 2.49. The Morgan fingerprint density at radius 3 is 2.46 bits per heavy atom. The third-order valence-corrected chi connectivity index (χ3v) is 5.68. The topological polar surface area (TPSA) is 79.7 Å². The number of nitrogens with one attached hydrogen (secondary N) is 1. The highest BCUT2D eigenvalue weighted by Crippen LogP contribution is 2.31. The van der Waals surface area contributed by atoms with Gasteiger partial charge in [0.15, 0.2) is 0 Å². The van der Waals surface area contributed by atoms with Crippen molar-refractivity contribution in [1.29, 1.82) is 0 Å². The first-order valence-electron chi connectivity index (χ1n) is 11.5. The Morgan fingerprint density at radius 2 is 1.77 bits per heavy atom.